The van der Waals surface area contributed by atoms with Gasteiger partial charge in [-0.2, -0.15) is 4.31 Å². The molecule has 0 saturated carbocycles. The summed E-state index contributed by atoms with van der Waals surface area (Å²) in [4.78, 5) is 15.1. The molecule has 0 N–H and O–H groups in total. The molecule has 3 rings (SSSR count). The van der Waals surface area contributed by atoms with Crippen LogP contribution in [0.3, 0.4) is 0 Å². The molecule has 2 aromatic carbocycles. The number of hydrogen-bond acceptors (Lipinski definition) is 3. The molecule has 1 amide bonds. The lowest BCUT2D eigenvalue weighted by molar-refractivity contribution is -0.134. The van der Waals surface area contributed by atoms with Crippen LogP contribution in [-0.2, 0) is 14.8 Å². The SMILES string of the molecule is CCC(C(=O)N1CCN(S(=O)(=O)c2ccc(C)c(C)c2)CC1)c1ccccc1. The average molecular weight is 401 g/mol. The van der Waals surface area contributed by atoms with Gasteiger partial charge in [0.1, 0.15) is 0 Å². The van der Waals surface area contributed by atoms with E-state index in [1.807, 2.05) is 57.2 Å². The number of rotatable bonds is 5. The van der Waals surface area contributed by atoms with Crippen molar-refractivity contribution >= 4 is 15.9 Å². The third kappa shape index (κ3) is 4.13. The molecule has 1 unspecified atom stereocenters. The maximum atomic E-state index is 13.0. The normalized spacial score (nSPS) is 16.8. The zero-order chi connectivity index (χ0) is 20.3. The number of hydrogen-bond donors (Lipinski definition) is 0. The molecule has 0 radical (unpaired) electrons. The minimum atomic E-state index is -3.53. The van der Waals surface area contributed by atoms with Crippen LogP contribution in [0.5, 0.6) is 0 Å². The Morgan fingerprint density at radius 1 is 0.964 bits per heavy atom. The fraction of sp³-hybridized carbons (Fsp3) is 0.409. The zero-order valence-electron chi connectivity index (χ0n) is 16.8. The number of benzene rings is 2. The predicted octanol–water partition coefficient (Wildman–Crippen LogP) is 3.33. The van der Waals surface area contributed by atoms with Gasteiger partial charge in [-0.15, -0.1) is 0 Å². The number of carbonyl (C=O) groups is 1. The third-order valence-corrected chi connectivity index (χ3v) is 7.47. The lowest BCUT2D eigenvalue weighted by Crippen LogP contribution is -2.51. The van der Waals surface area contributed by atoms with E-state index >= 15 is 0 Å². The van der Waals surface area contributed by atoms with E-state index in [-0.39, 0.29) is 11.8 Å². The van der Waals surface area contributed by atoms with Crippen molar-refractivity contribution in [2.75, 3.05) is 26.2 Å². The van der Waals surface area contributed by atoms with Crippen molar-refractivity contribution in [3.8, 4) is 0 Å². The van der Waals surface area contributed by atoms with Gasteiger partial charge in [-0.1, -0.05) is 43.3 Å². The highest BCUT2D eigenvalue weighted by Crippen LogP contribution is 2.24. The van der Waals surface area contributed by atoms with Crippen molar-refractivity contribution in [3.05, 3.63) is 65.2 Å². The van der Waals surface area contributed by atoms with Crippen molar-refractivity contribution in [1.29, 1.82) is 0 Å². The number of carbonyl (C=O) groups excluding carboxylic acids is 1. The molecule has 5 nitrogen and oxygen atoms in total. The second kappa shape index (κ2) is 8.45. The fourth-order valence-electron chi connectivity index (χ4n) is 3.63. The second-order valence-electron chi connectivity index (χ2n) is 7.35. The largest absolute Gasteiger partial charge is 0.340 e. The quantitative estimate of drug-likeness (QED) is 0.774. The van der Waals surface area contributed by atoms with Gasteiger partial charge in [0.15, 0.2) is 0 Å². The maximum absolute atomic E-state index is 13.0. The van der Waals surface area contributed by atoms with Crippen LogP contribution >= 0.6 is 0 Å². The lowest BCUT2D eigenvalue weighted by atomic mass is 9.95. The van der Waals surface area contributed by atoms with Gasteiger partial charge in [-0.3, -0.25) is 4.79 Å². The first-order valence-corrected chi connectivity index (χ1v) is 11.2. The molecule has 6 heteroatoms. The molecule has 1 fully saturated rings. The number of amides is 1. The first-order valence-electron chi connectivity index (χ1n) is 9.75. The first kappa shape index (κ1) is 20.6. The predicted molar refractivity (Wildman–Crippen MR) is 111 cm³/mol. The van der Waals surface area contributed by atoms with E-state index in [1.165, 1.54) is 4.31 Å². The molecule has 0 aromatic heterocycles. The Hall–Kier alpha value is -2.18. The Kier molecular flexibility index (Phi) is 6.20. The van der Waals surface area contributed by atoms with Crippen LogP contribution < -0.4 is 0 Å². The Morgan fingerprint density at radius 2 is 1.61 bits per heavy atom. The summed E-state index contributed by atoms with van der Waals surface area (Å²) in [6, 6.07) is 15.0. The smallest absolute Gasteiger partial charge is 0.243 e. The lowest BCUT2D eigenvalue weighted by Gasteiger charge is -2.35. The van der Waals surface area contributed by atoms with E-state index in [1.54, 1.807) is 17.0 Å². The molecule has 0 spiro atoms. The summed E-state index contributed by atoms with van der Waals surface area (Å²) in [5.41, 5.74) is 3.05. The van der Waals surface area contributed by atoms with Crippen LogP contribution in [0.2, 0.25) is 0 Å². The van der Waals surface area contributed by atoms with Crippen molar-refractivity contribution < 1.29 is 13.2 Å². The summed E-state index contributed by atoms with van der Waals surface area (Å²) in [5, 5.41) is 0. The monoisotopic (exact) mass is 400 g/mol. The van der Waals surface area contributed by atoms with Gasteiger partial charge in [0, 0.05) is 26.2 Å². The van der Waals surface area contributed by atoms with E-state index in [0.29, 0.717) is 31.1 Å². The minimum absolute atomic E-state index is 0.0805. The summed E-state index contributed by atoms with van der Waals surface area (Å²) in [6.45, 7) is 7.39. The van der Waals surface area contributed by atoms with Crippen molar-refractivity contribution in [2.24, 2.45) is 0 Å². The summed E-state index contributed by atoms with van der Waals surface area (Å²) < 4.78 is 27.4. The zero-order valence-corrected chi connectivity index (χ0v) is 17.6. The van der Waals surface area contributed by atoms with Crippen LogP contribution in [-0.4, -0.2) is 49.7 Å². The van der Waals surface area contributed by atoms with E-state index in [2.05, 4.69) is 0 Å². The molecule has 1 atom stereocenters. The van der Waals surface area contributed by atoms with Gasteiger partial charge in [-0.05, 0) is 49.1 Å². The van der Waals surface area contributed by atoms with E-state index in [9.17, 15) is 13.2 Å². The Morgan fingerprint density at radius 3 is 2.18 bits per heavy atom. The second-order valence-corrected chi connectivity index (χ2v) is 9.28. The van der Waals surface area contributed by atoms with E-state index < -0.39 is 10.0 Å². The molecule has 0 aliphatic carbocycles. The van der Waals surface area contributed by atoms with Gasteiger partial charge in [0.25, 0.3) is 0 Å². The fourth-order valence-corrected chi connectivity index (χ4v) is 5.14. The van der Waals surface area contributed by atoms with Gasteiger partial charge in [0.05, 0.1) is 10.8 Å². The molecule has 1 heterocycles. The highest BCUT2D eigenvalue weighted by Gasteiger charge is 2.32. The third-order valence-electron chi connectivity index (χ3n) is 5.57. The van der Waals surface area contributed by atoms with Crippen molar-refractivity contribution in [1.82, 2.24) is 9.21 Å². The van der Waals surface area contributed by atoms with Crippen molar-refractivity contribution in [3.63, 3.8) is 0 Å². The van der Waals surface area contributed by atoms with Gasteiger partial charge in [-0.25, -0.2) is 8.42 Å². The average Bonchev–Trinajstić information content (AvgIpc) is 2.71. The number of aryl methyl sites for hydroxylation is 2. The van der Waals surface area contributed by atoms with Gasteiger partial charge < -0.3 is 4.90 Å². The van der Waals surface area contributed by atoms with Gasteiger partial charge >= 0.3 is 0 Å². The first-order chi connectivity index (χ1) is 13.3. The standard InChI is InChI=1S/C22H28N2O3S/c1-4-21(19-8-6-5-7-9-19)22(25)23-12-14-24(15-13-23)28(26,27)20-11-10-17(2)18(3)16-20/h5-11,16,21H,4,12-15H2,1-3H3. The molecule has 1 aliphatic heterocycles. The van der Waals surface area contributed by atoms with Crippen LogP contribution in [0.4, 0.5) is 0 Å². The highest BCUT2D eigenvalue weighted by molar-refractivity contribution is 7.89. The van der Waals surface area contributed by atoms with Crippen LogP contribution in [0.25, 0.3) is 0 Å². The summed E-state index contributed by atoms with van der Waals surface area (Å²) >= 11 is 0. The molecular formula is C22H28N2O3S. The molecule has 1 saturated heterocycles. The molecule has 2 aromatic rings. The molecular weight excluding hydrogens is 372 g/mol. The summed E-state index contributed by atoms with van der Waals surface area (Å²) in [7, 11) is -3.53. The summed E-state index contributed by atoms with van der Waals surface area (Å²) in [5.74, 6) is -0.0963. The Bertz CT molecular complexity index is 934. The van der Waals surface area contributed by atoms with Crippen molar-refractivity contribution in [2.45, 2.75) is 38.0 Å². The number of sulfonamides is 1. The Balaban J connectivity index is 1.69. The maximum Gasteiger partial charge on any atom is 0.243 e. The van der Waals surface area contributed by atoms with Gasteiger partial charge in [0.2, 0.25) is 15.9 Å². The molecule has 0 bridgehead atoms. The molecule has 28 heavy (non-hydrogen) atoms. The molecule has 150 valence electrons. The minimum Gasteiger partial charge on any atom is -0.340 e. The highest BCUT2D eigenvalue weighted by atomic mass is 32.2. The van der Waals surface area contributed by atoms with Crippen LogP contribution in [0.1, 0.15) is 36.0 Å². The summed E-state index contributed by atoms with van der Waals surface area (Å²) in [6.07, 6.45) is 0.726. The topological polar surface area (TPSA) is 57.7 Å². The van der Waals surface area contributed by atoms with Crippen LogP contribution in [0.15, 0.2) is 53.4 Å². The van der Waals surface area contributed by atoms with Crippen LogP contribution in [0, 0.1) is 13.8 Å². The number of nitrogens with zero attached hydrogens (tertiary/aromatic N) is 2. The number of piperazine rings is 1. The van der Waals surface area contributed by atoms with E-state index in [4.69, 9.17) is 0 Å². The molecule has 1 aliphatic rings. The van der Waals surface area contributed by atoms with E-state index in [0.717, 1.165) is 23.1 Å². The Labute approximate surface area is 168 Å².